The van der Waals surface area contributed by atoms with Crippen LogP contribution in [0.3, 0.4) is 0 Å². The van der Waals surface area contributed by atoms with E-state index in [1.54, 1.807) is 0 Å². The zero-order chi connectivity index (χ0) is 11.4. The Bertz CT molecular complexity index is 271. The van der Waals surface area contributed by atoms with Crippen LogP contribution in [-0.4, -0.2) is 24.5 Å². The third-order valence-corrected chi connectivity index (χ3v) is 1.21. The maximum atomic E-state index is 12.0. The number of nitrogens with two attached hydrogens (primary N) is 1. The van der Waals surface area contributed by atoms with Crippen molar-refractivity contribution in [1.82, 2.24) is 0 Å². The lowest BCUT2D eigenvalue weighted by molar-refractivity contribution is -0.138. The summed E-state index contributed by atoms with van der Waals surface area (Å²) in [7, 11) is 0. The Morgan fingerprint density at radius 2 is 2.07 bits per heavy atom. The monoisotopic (exact) mass is 210 g/mol. The SMILES string of the molecule is CCOC(=O)/C(=C/N)C(=N)C(F)(F)F. The fourth-order valence-electron chi connectivity index (χ4n) is 0.615. The van der Waals surface area contributed by atoms with E-state index in [2.05, 4.69) is 4.74 Å². The number of hydrogen-bond acceptors (Lipinski definition) is 4. The van der Waals surface area contributed by atoms with Crippen molar-refractivity contribution in [1.29, 1.82) is 5.41 Å². The summed E-state index contributed by atoms with van der Waals surface area (Å²) in [5, 5.41) is 6.63. The summed E-state index contributed by atoms with van der Waals surface area (Å²) in [6.45, 7) is 1.35. The quantitative estimate of drug-likeness (QED) is 0.414. The second kappa shape index (κ2) is 4.64. The number of carbonyl (C=O) groups excluding carboxylic acids is 1. The topological polar surface area (TPSA) is 76.2 Å². The van der Waals surface area contributed by atoms with Crippen LogP contribution in [0.25, 0.3) is 0 Å². The van der Waals surface area contributed by atoms with Crippen LogP contribution in [0.15, 0.2) is 11.8 Å². The summed E-state index contributed by atoms with van der Waals surface area (Å²) in [6, 6.07) is 0. The maximum absolute atomic E-state index is 12.0. The van der Waals surface area contributed by atoms with Crippen LogP contribution in [0.1, 0.15) is 6.92 Å². The molecule has 0 rings (SSSR count). The van der Waals surface area contributed by atoms with Crippen LogP contribution >= 0.6 is 0 Å². The van der Waals surface area contributed by atoms with Gasteiger partial charge >= 0.3 is 12.1 Å². The minimum absolute atomic E-state index is 0.0820. The number of esters is 1. The zero-order valence-corrected chi connectivity index (χ0v) is 7.31. The standard InChI is InChI=1S/C7H9F3N2O2/c1-2-14-6(13)4(3-11)5(12)7(8,9)10/h3,12H,2,11H2,1H3/b4-3+,12-5?. The zero-order valence-electron chi connectivity index (χ0n) is 7.31. The third kappa shape index (κ3) is 3.08. The molecule has 0 aliphatic carbocycles. The average Bonchev–Trinajstić information content (AvgIpc) is 2.04. The van der Waals surface area contributed by atoms with Gasteiger partial charge in [-0.05, 0) is 6.92 Å². The first kappa shape index (κ1) is 12.5. The van der Waals surface area contributed by atoms with Crippen molar-refractivity contribution < 1.29 is 22.7 Å². The Hall–Kier alpha value is -1.53. The van der Waals surface area contributed by atoms with Gasteiger partial charge in [-0.25, -0.2) is 4.79 Å². The van der Waals surface area contributed by atoms with Crippen molar-refractivity contribution in [3.8, 4) is 0 Å². The van der Waals surface area contributed by atoms with Crippen LogP contribution in [0.4, 0.5) is 13.2 Å². The van der Waals surface area contributed by atoms with E-state index < -0.39 is 23.4 Å². The number of nitrogens with one attached hydrogen (secondary N) is 1. The molecule has 0 radical (unpaired) electrons. The van der Waals surface area contributed by atoms with Crippen LogP contribution in [-0.2, 0) is 9.53 Å². The summed E-state index contributed by atoms with van der Waals surface area (Å²) < 4.78 is 40.2. The molecule has 0 spiro atoms. The van der Waals surface area contributed by atoms with Gasteiger partial charge in [0.2, 0.25) is 0 Å². The first-order chi connectivity index (χ1) is 6.34. The van der Waals surface area contributed by atoms with Gasteiger partial charge in [0.25, 0.3) is 0 Å². The van der Waals surface area contributed by atoms with Crippen LogP contribution < -0.4 is 5.73 Å². The summed E-state index contributed by atoms with van der Waals surface area (Å²) in [6.07, 6.45) is -4.49. The van der Waals surface area contributed by atoms with Gasteiger partial charge in [0, 0.05) is 6.20 Å². The van der Waals surface area contributed by atoms with E-state index in [1.807, 2.05) is 0 Å². The van der Waals surface area contributed by atoms with E-state index >= 15 is 0 Å². The molecule has 0 unspecified atom stereocenters. The van der Waals surface area contributed by atoms with Crippen molar-refractivity contribution in [2.24, 2.45) is 5.73 Å². The molecular weight excluding hydrogens is 201 g/mol. The molecule has 0 bridgehead atoms. The van der Waals surface area contributed by atoms with E-state index in [1.165, 1.54) is 6.92 Å². The van der Waals surface area contributed by atoms with Crippen LogP contribution in [0, 0.1) is 5.41 Å². The molecule has 0 fully saturated rings. The minimum Gasteiger partial charge on any atom is -0.462 e. The number of rotatable bonds is 3. The summed E-state index contributed by atoms with van der Waals surface area (Å²) >= 11 is 0. The molecule has 0 saturated heterocycles. The Morgan fingerprint density at radius 1 is 1.57 bits per heavy atom. The highest BCUT2D eigenvalue weighted by molar-refractivity contribution is 6.20. The predicted molar refractivity (Wildman–Crippen MR) is 42.7 cm³/mol. The minimum atomic E-state index is -4.90. The highest BCUT2D eigenvalue weighted by atomic mass is 19.4. The highest BCUT2D eigenvalue weighted by Crippen LogP contribution is 2.21. The van der Waals surface area contributed by atoms with Gasteiger partial charge in [0.1, 0.15) is 5.57 Å². The number of hydrogen-bond donors (Lipinski definition) is 2. The number of halogens is 3. The number of alkyl halides is 3. The normalized spacial score (nSPS) is 12.4. The van der Waals surface area contributed by atoms with Crippen molar-refractivity contribution in [3.05, 3.63) is 11.8 Å². The Morgan fingerprint density at radius 3 is 2.36 bits per heavy atom. The molecule has 3 N–H and O–H groups in total. The molecule has 0 heterocycles. The second-order valence-electron chi connectivity index (χ2n) is 2.17. The number of carbonyl (C=O) groups is 1. The molecule has 0 aliphatic heterocycles. The van der Waals surface area contributed by atoms with E-state index in [4.69, 9.17) is 11.1 Å². The van der Waals surface area contributed by atoms with Crippen LogP contribution in [0.2, 0.25) is 0 Å². The molecule has 0 aromatic carbocycles. The molecule has 0 aromatic heterocycles. The molecule has 0 atom stereocenters. The van der Waals surface area contributed by atoms with Crippen molar-refractivity contribution in [2.45, 2.75) is 13.1 Å². The summed E-state index contributed by atoms with van der Waals surface area (Å²) in [5.74, 6) is -1.25. The van der Waals surface area contributed by atoms with E-state index in [0.717, 1.165) is 0 Å². The van der Waals surface area contributed by atoms with Gasteiger partial charge in [-0.1, -0.05) is 0 Å². The second-order valence-corrected chi connectivity index (χ2v) is 2.17. The van der Waals surface area contributed by atoms with Crippen molar-refractivity contribution in [3.63, 3.8) is 0 Å². The molecule has 0 saturated carbocycles. The van der Waals surface area contributed by atoms with Gasteiger partial charge in [0.15, 0.2) is 5.71 Å². The van der Waals surface area contributed by atoms with Crippen molar-refractivity contribution in [2.75, 3.05) is 6.61 Å². The first-order valence-corrected chi connectivity index (χ1v) is 3.59. The molecular formula is C7H9F3N2O2. The molecule has 0 aromatic rings. The third-order valence-electron chi connectivity index (χ3n) is 1.21. The highest BCUT2D eigenvalue weighted by Gasteiger charge is 2.39. The van der Waals surface area contributed by atoms with E-state index in [-0.39, 0.29) is 6.61 Å². The number of ether oxygens (including phenoxy) is 1. The van der Waals surface area contributed by atoms with E-state index in [0.29, 0.717) is 6.20 Å². The molecule has 4 nitrogen and oxygen atoms in total. The lowest BCUT2D eigenvalue weighted by atomic mass is 10.1. The molecule has 80 valence electrons. The summed E-state index contributed by atoms with van der Waals surface area (Å²) in [4.78, 5) is 10.9. The molecule has 7 heteroatoms. The lowest BCUT2D eigenvalue weighted by Gasteiger charge is -2.10. The fourth-order valence-corrected chi connectivity index (χ4v) is 0.615. The Balaban J connectivity index is 4.77. The van der Waals surface area contributed by atoms with Gasteiger partial charge < -0.3 is 10.5 Å². The smallest absolute Gasteiger partial charge is 0.433 e. The predicted octanol–water partition coefficient (Wildman–Crippen LogP) is 0.974. The first-order valence-electron chi connectivity index (χ1n) is 3.59. The van der Waals surface area contributed by atoms with Gasteiger partial charge in [0.05, 0.1) is 6.61 Å². The van der Waals surface area contributed by atoms with E-state index in [9.17, 15) is 18.0 Å². The largest absolute Gasteiger partial charge is 0.462 e. The molecule has 14 heavy (non-hydrogen) atoms. The summed E-state index contributed by atoms with van der Waals surface area (Å²) in [5.41, 5.74) is 2.00. The van der Waals surface area contributed by atoms with Crippen molar-refractivity contribution >= 4 is 11.7 Å². The maximum Gasteiger partial charge on any atom is 0.433 e. The Labute approximate surface area is 78.0 Å². The lowest BCUT2D eigenvalue weighted by Crippen LogP contribution is -2.29. The fraction of sp³-hybridized carbons (Fsp3) is 0.429. The van der Waals surface area contributed by atoms with Crippen LogP contribution in [0.5, 0.6) is 0 Å². The van der Waals surface area contributed by atoms with Gasteiger partial charge in [-0.3, -0.25) is 5.41 Å². The molecule has 0 amide bonds. The molecule has 0 aliphatic rings. The Kier molecular flexibility index (Phi) is 4.13. The average molecular weight is 210 g/mol. The van der Waals surface area contributed by atoms with Gasteiger partial charge in [-0.15, -0.1) is 0 Å². The van der Waals surface area contributed by atoms with Gasteiger partial charge in [-0.2, -0.15) is 13.2 Å².